The van der Waals surface area contributed by atoms with Gasteiger partial charge in [0.1, 0.15) is 11.4 Å². The van der Waals surface area contributed by atoms with Gasteiger partial charge in [0.15, 0.2) is 0 Å². The first kappa shape index (κ1) is 17.5. The normalized spacial score (nSPS) is 10.3. The zero-order chi connectivity index (χ0) is 17.0. The van der Waals surface area contributed by atoms with E-state index in [2.05, 4.69) is 10.3 Å². The molecule has 1 aromatic heterocycles. The number of esters is 1. The molecule has 0 fully saturated rings. The molecule has 120 valence electrons. The van der Waals surface area contributed by atoms with Crippen molar-refractivity contribution in [2.75, 3.05) is 11.9 Å². The summed E-state index contributed by atoms with van der Waals surface area (Å²) in [4.78, 5) is 27.9. The summed E-state index contributed by atoms with van der Waals surface area (Å²) in [7, 11) is 0. The van der Waals surface area contributed by atoms with E-state index in [4.69, 9.17) is 39.5 Å². The molecule has 0 aliphatic heterocycles. The van der Waals surface area contributed by atoms with Gasteiger partial charge in [-0.3, -0.25) is 4.79 Å². The van der Waals surface area contributed by atoms with Gasteiger partial charge in [0.05, 0.1) is 22.3 Å². The van der Waals surface area contributed by atoms with Crippen LogP contribution in [0.3, 0.4) is 0 Å². The first-order valence-electron chi connectivity index (χ1n) is 6.52. The third-order valence-corrected chi connectivity index (χ3v) is 3.53. The number of nitrogens with zero attached hydrogens (tertiary/aromatic N) is 1. The molecule has 1 heterocycles. The molecule has 8 heteroatoms. The molecule has 23 heavy (non-hydrogen) atoms. The molecular formula is C15H11Cl3N2O3. The summed E-state index contributed by atoms with van der Waals surface area (Å²) < 4.78 is 4.84. The van der Waals surface area contributed by atoms with E-state index in [-0.39, 0.29) is 33.7 Å². The van der Waals surface area contributed by atoms with Crippen molar-refractivity contribution >= 4 is 52.4 Å². The van der Waals surface area contributed by atoms with Crippen LogP contribution in [0.5, 0.6) is 0 Å². The number of amides is 1. The maximum absolute atomic E-state index is 12.3. The highest BCUT2D eigenvalue weighted by Gasteiger charge is 2.16. The van der Waals surface area contributed by atoms with E-state index in [1.165, 1.54) is 30.3 Å². The van der Waals surface area contributed by atoms with Gasteiger partial charge in [-0.1, -0.05) is 40.9 Å². The summed E-state index contributed by atoms with van der Waals surface area (Å²) in [5.41, 5.74) is 0.275. The third kappa shape index (κ3) is 4.34. The van der Waals surface area contributed by atoms with E-state index in [0.29, 0.717) is 5.02 Å². The van der Waals surface area contributed by atoms with E-state index < -0.39 is 11.9 Å². The Balaban J connectivity index is 2.25. The highest BCUT2D eigenvalue weighted by molar-refractivity contribution is 6.42. The van der Waals surface area contributed by atoms with Crippen LogP contribution < -0.4 is 5.32 Å². The Hall–Kier alpha value is -1.82. The van der Waals surface area contributed by atoms with Crippen molar-refractivity contribution in [3.63, 3.8) is 0 Å². The predicted molar refractivity (Wildman–Crippen MR) is 89.6 cm³/mol. The van der Waals surface area contributed by atoms with Gasteiger partial charge in [-0.25, -0.2) is 9.78 Å². The maximum atomic E-state index is 12.3. The van der Waals surface area contributed by atoms with Crippen LogP contribution in [0.2, 0.25) is 15.1 Å². The van der Waals surface area contributed by atoms with Crippen molar-refractivity contribution in [3.05, 3.63) is 56.8 Å². The van der Waals surface area contributed by atoms with Crippen LogP contribution in [0.4, 0.5) is 5.69 Å². The monoisotopic (exact) mass is 372 g/mol. The second kappa shape index (κ2) is 7.64. The molecule has 0 aliphatic rings. The molecule has 5 nitrogen and oxygen atoms in total. The van der Waals surface area contributed by atoms with Gasteiger partial charge in [0, 0.05) is 5.02 Å². The number of aromatic nitrogens is 1. The van der Waals surface area contributed by atoms with Gasteiger partial charge in [-0.2, -0.15) is 0 Å². The molecule has 0 aliphatic carbocycles. The summed E-state index contributed by atoms with van der Waals surface area (Å²) in [6, 6.07) is 7.34. The number of carbonyl (C=O) groups excluding carboxylic acids is 2. The van der Waals surface area contributed by atoms with Crippen molar-refractivity contribution in [1.82, 2.24) is 4.98 Å². The minimum atomic E-state index is -0.607. The highest BCUT2D eigenvalue weighted by atomic mass is 35.5. The van der Waals surface area contributed by atoms with Crippen molar-refractivity contribution in [2.24, 2.45) is 0 Å². The van der Waals surface area contributed by atoms with Crippen LogP contribution in [0.15, 0.2) is 30.3 Å². The van der Waals surface area contributed by atoms with Gasteiger partial charge < -0.3 is 10.1 Å². The molecule has 0 atom stereocenters. The molecule has 1 N–H and O–H groups in total. The van der Waals surface area contributed by atoms with E-state index >= 15 is 0 Å². The topological polar surface area (TPSA) is 68.3 Å². The SMILES string of the molecule is CCOC(=O)c1cccc(C(=O)Nc2c(Cl)cc(Cl)cc2Cl)n1. The Morgan fingerprint density at radius 3 is 2.35 bits per heavy atom. The largest absolute Gasteiger partial charge is 0.461 e. The second-order valence-electron chi connectivity index (χ2n) is 4.33. The van der Waals surface area contributed by atoms with Crippen LogP contribution in [0.1, 0.15) is 27.9 Å². The summed E-state index contributed by atoms with van der Waals surface area (Å²) in [5.74, 6) is -1.17. The molecular weight excluding hydrogens is 363 g/mol. The Bertz CT molecular complexity index is 742. The lowest BCUT2D eigenvalue weighted by Gasteiger charge is -2.10. The number of halogens is 3. The van der Waals surface area contributed by atoms with Crippen LogP contribution >= 0.6 is 34.8 Å². The molecule has 0 radical (unpaired) electrons. The minimum absolute atomic E-state index is 0.0256. The van der Waals surface area contributed by atoms with Crippen LogP contribution in [0, 0.1) is 0 Å². The number of ether oxygens (including phenoxy) is 1. The van der Waals surface area contributed by atoms with Gasteiger partial charge in [-0.05, 0) is 31.2 Å². The van der Waals surface area contributed by atoms with Crippen LogP contribution in [0.25, 0.3) is 0 Å². The van der Waals surface area contributed by atoms with Gasteiger partial charge in [0.25, 0.3) is 5.91 Å². The van der Waals surface area contributed by atoms with Crippen LogP contribution in [-0.4, -0.2) is 23.5 Å². The molecule has 1 aromatic carbocycles. The summed E-state index contributed by atoms with van der Waals surface area (Å²) in [5, 5.41) is 3.28. The summed E-state index contributed by atoms with van der Waals surface area (Å²) in [6.07, 6.45) is 0. The number of pyridine rings is 1. The second-order valence-corrected chi connectivity index (χ2v) is 5.58. The number of carbonyl (C=O) groups is 2. The molecule has 0 spiro atoms. The molecule has 0 saturated heterocycles. The average Bonchev–Trinajstić information content (AvgIpc) is 2.51. The lowest BCUT2D eigenvalue weighted by molar-refractivity contribution is 0.0519. The number of anilines is 1. The van der Waals surface area contributed by atoms with E-state index in [1.807, 2.05) is 0 Å². The van der Waals surface area contributed by atoms with Crippen LogP contribution in [-0.2, 0) is 4.74 Å². The smallest absolute Gasteiger partial charge is 0.356 e. The quantitative estimate of drug-likeness (QED) is 0.803. The molecule has 2 rings (SSSR count). The zero-order valence-electron chi connectivity index (χ0n) is 11.9. The molecule has 0 saturated carbocycles. The maximum Gasteiger partial charge on any atom is 0.356 e. The highest BCUT2D eigenvalue weighted by Crippen LogP contribution is 2.33. The van der Waals surface area contributed by atoms with Gasteiger partial charge >= 0.3 is 5.97 Å². The standard InChI is InChI=1S/C15H11Cl3N2O3/c1-2-23-15(22)12-5-3-4-11(19-12)14(21)20-13-9(17)6-8(16)7-10(13)18/h3-7H,2H2,1H3,(H,20,21). The number of benzene rings is 1. The predicted octanol–water partition coefficient (Wildman–Crippen LogP) is 4.47. The Morgan fingerprint density at radius 2 is 1.74 bits per heavy atom. The third-order valence-electron chi connectivity index (χ3n) is 2.71. The van der Waals surface area contributed by atoms with Gasteiger partial charge in [-0.15, -0.1) is 0 Å². The summed E-state index contributed by atoms with van der Waals surface area (Å²) >= 11 is 17.8. The van der Waals surface area contributed by atoms with Crippen molar-refractivity contribution in [1.29, 1.82) is 0 Å². The van der Waals surface area contributed by atoms with Crippen molar-refractivity contribution in [2.45, 2.75) is 6.92 Å². The van der Waals surface area contributed by atoms with Crippen molar-refractivity contribution < 1.29 is 14.3 Å². The fourth-order valence-corrected chi connectivity index (χ4v) is 2.63. The molecule has 0 bridgehead atoms. The number of rotatable bonds is 4. The van der Waals surface area contributed by atoms with E-state index in [1.54, 1.807) is 6.92 Å². The zero-order valence-corrected chi connectivity index (χ0v) is 14.2. The fraction of sp³-hybridized carbons (Fsp3) is 0.133. The first-order chi connectivity index (χ1) is 10.9. The van der Waals surface area contributed by atoms with Gasteiger partial charge in [0.2, 0.25) is 0 Å². The first-order valence-corrected chi connectivity index (χ1v) is 7.65. The number of hydrogen-bond acceptors (Lipinski definition) is 4. The van der Waals surface area contributed by atoms with E-state index in [9.17, 15) is 9.59 Å². The lowest BCUT2D eigenvalue weighted by atomic mass is 10.2. The molecule has 1 amide bonds. The molecule has 2 aromatic rings. The summed E-state index contributed by atoms with van der Waals surface area (Å²) in [6.45, 7) is 1.89. The Morgan fingerprint density at radius 1 is 1.13 bits per heavy atom. The lowest BCUT2D eigenvalue weighted by Crippen LogP contribution is -2.16. The number of nitrogens with one attached hydrogen (secondary N) is 1. The minimum Gasteiger partial charge on any atom is -0.461 e. The van der Waals surface area contributed by atoms with Crippen molar-refractivity contribution in [3.8, 4) is 0 Å². The Labute approximate surface area is 147 Å². The molecule has 0 unspecified atom stereocenters. The van der Waals surface area contributed by atoms with E-state index in [0.717, 1.165) is 0 Å². The number of hydrogen-bond donors (Lipinski definition) is 1. The fourth-order valence-electron chi connectivity index (χ4n) is 1.72. The average molecular weight is 374 g/mol. The Kier molecular flexibility index (Phi) is 5.82.